The van der Waals surface area contributed by atoms with E-state index in [1.54, 1.807) is 19.4 Å². The van der Waals surface area contributed by atoms with Crippen LogP contribution in [0.2, 0.25) is 0 Å². The fraction of sp³-hybridized carbons (Fsp3) is 0.471. The minimum absolute atomic E-state index is 0.000205. The van der Waals surface area contributed by atoms with Crippen LogP contribution in [-0.2, 0) is 14.4 Å². The van der Waals surface area contributed by atoms with Crippen molar-refractivity contribution in [2.45, 2.75) is 30.7 Å². The zero-order chi connectivity index (χ0) is 25.4. The van der Waals surface area contributed by atoms with Crippen molar-refractivity contribution >= 4 is 23.7 Å². The van der Waals surface area contributed by atoms with Gasteiger partial charge in [0.2, 0.25) is 5.88 Å². The van der Waals surface area contributed by atoms with E-state index in [-0.39, 0.29) is 5.91 Å². The van der Waals surface area contributed by atoms with Gasteiger partial charge < -0.3 is 25.6 Å². The Bertz CT molecular complexity index is 873. The second kappa shape index (κ2) is 10.9. The molecule has 1 saturated heterocycles. The third-order valence-electron chi connectivity index (χ3n) is 4.11. The van der Waals surface area contributed by atoms with Crippen LogP contribution in [-0.4, -0.2) is 77.0 Å². The van der Waals surface area contributed by atoms with Gasteiger partial charge in [-0.3, -0.25) is 9.79 Å². The Hall–Kier alpha value is -3.43. The van der Waals surface area contributed by atoms with Gasteiger partial charge in [0.25, 0.3) is 5.91 Å². The molecule has 2 aliphatic rings. The molecule has 184 valence electrons. The van der Waals surface area contributed by atoms with Crippen molar-refractivity contribution in [3.63, 3.8) is 0 Å². The number of nitrogens with zero attached hydrogens (tertiary/aromatic N) is 2. The van der Waals surface area contributed by atoms with E-state index in [9.17, 15) is 31.1 Å². The maximum absolute atomic E-state index is 12.2. The number of carbonyl (C=O) groups excluding carboxylic acids is 1. The predicted octanol–water partition coefficient (Wildman–Crippen LogP) is 1.36. The molecule has 0 saturated carbocycles. The van der Waals surface area contributed by atoms with Gasteiger partial charge in [-0.25, -0.2) is 14.6 Å². The fourth-order valence-electron chi connectivity index (χ4n) is 2.50. The molecule has 1 aromatic heterocycles. The van der Waals surface area contributed by atoms with Crippen molar-refractivity contribution in [2.24, 2.45) is 4.99 Å². The monoisotopic (exact) mass is 488 g/mol. The van der Waals surface area contributed by atoms with Crippen molar-refractivity contribution < 1.29 is 55.7 Å². The Labute approximate surface area is 181 Å². The van der Waals surface area contributed by atoms with E-state index in [1.165, 1.54) is 0 Å². The minimum atomic E-state index is -5.08. The van der Waals surface area contributed by atoms with Crippen molar-refractivity contribution in [1.29, 1.82) is 0 Å². The number of halogens is 6. The van der Waals surface area contributed by atoms with E-state index in [0.29, 0.717) is 11.7 Å². The fourth-order valence-corrected chi connectivity index (χ4v) is 2.50. The number of hydrogen-bond acceptors (Lipinski definition) is 7. The number of amidine groups is 1. The quantitative estimate of drug-likeness (QED) is 0.456. The topological polar surface area (TPSA) is 150 Å². The summed E-state index contributed by atoms with van der Waals surface area (Å²) in [5, 5.41) is 20.4. The highest BCUT2D eigenvalue weighted by Gasteiger charge is 2.44. The highest BCUT2D eigenvalue weighted by Crippen LogP contribution is 2.28. The van der Waals surface area contributed by atoms with Gasteiger partial charge in [0.15, 0.2) is 0 Å². The van der Waals surface area contributed by atoms with Gasteiger partial charge >= 0.3 is 24.3 Å². The van der Waals surface area contributed by atoms with Crippen molar-refractivity contribution in [2.75, 3.05) is 20.2 Å². The lowest BCUT2D eigenvalue weighted by molar-refractivity contribution is -0.193. The number of piperidine rings is 1. The molecule has 0 atom stereocenters. The number of rotatable bonds is 2. The van der Waals surface area contributed by atoms with Crippen LogP contribution in [0.4, 0.5) is 26.3 Å². The summed E-state index contributed by atoms with van der Waals surface area (Å²) in [6.07, 6.45) is -7.04. The first-order valence-electron chi connectivity index (χ1n) is 8.85. The number of ether oxygens (including phenoxy) is 1. The van der Waals surface area contributed by atoms with Gasteiger partial charge in [0.05, 0.1) is 7.11 Å². The number of aliphatic imine (C=N–C) groups is 1. The molecule has 1 fully saturated rings. The molecule has 2 aliphatic heterocycles. The summed E-state index contributed by atoms with van der Waals surface area (Å²) in [4.78, 5) is 38.7. The van der Waals surface area contributed by atoms with Crippen LogP contribution in [0, 0.1) is 0 Å². The Morgan fingerprint density at radius 2 is 1.55 bits per heavy atom. The van der Waals surface area contributed by atoms with Gasteiger partial charge in [-0.15, -0.1) is 0 Å². The first kappa shape index (κ1) is 27.6. The van der Waals surface area contributed by atoms with Crippen LogP contribution in [0.1, 0.15) is 18.4 Å². The SMILES string of the molecule is COc1cc(C2=NC3(CCNCC3)C(=O)N2)ccn1.O=C(O)C(F)(F)F.O=C(O)C(F)(F)F. The molecule has 16 heteroatoms. The maximum Gasteiger partial charge on any atom is 0.490 e. The highest BCUT2D eigenvalue weighted by molar-refractivity contribution is 6.15. The van der Waals surface area contributed by atoms with E-state index in [2.05, 4.69) is 20.6 Å². The third-order valence-corrected chi connectivity index (χ3v) is 4.11. The molecule has 1 amide bonds. The summed E-state index contributed by atoms with van der Waals surface area (Å²) in [5.41, 5.74) is 0.243. The van der Waals surface area contributed by atoms with Crippen LogP contribution >= 0.6 is 0 Å². The van der Waals surface area contributed by atoms with Crippen LogP contribution in [0.5, 0.6) is 5.88 Å². The number of aromatic nitrogens is 1. The third kappa shape index (κ3) is 8.21. The average Bonchev–Trinajstić information content (AvgIpc) is 3.04. The van der Waals surface area contributed by atoms with Crippen LogP contribution in [0.15, 0.2) is 23.3 Å². The maximum atomic E-state index is 12.2. The molecule has 0 aliphatic carbocycles. The Balaban J connectivity index is 0.000000324. The molecule has 33 heavy (non-hydrogen) atoms. The minimum Gasteiger partial charge on any atom is -0.481 e. The number of carboxylic acids is 2. The van der Waals surface area contributed by atoms with Crippen molar-refractivity contribution in [3.05, 3.63) is 23.9 Å². The summed E-state index contributed by atoms with van der Waals surface area (Å²) in [5.74, 6) is -4.38. The van der Waals surface area contributed by atoms with E-state index >= 15 is 0 Å². The van der Waals surface area contributed by atoms with E-state index in [1.807, 2.05) is 6.07 Å². The normalized spacial score (nSPS) is 16.9. The summed E-state index contributed by atoms with van der Waals surface area (Å²) >= 11 is 0. The number of aliphatic carboxylic acids is 2. The lowest BCUT2D eigenvalue weighted by Gasteiger charge is -2.28. The van der Waals surface area contributed by atoms with Gasteiger partial charge in [-0.05, 0) is 32.0 Å². The van der Waals surface area contributed by atoms with E-state index in [4.69, 9.17) is 24.5 Å². The Morgan fingerprint density at radius 1 is 1.06 bits per heavy atom. The number of carboxylic acid groups (broad SMARTS) is 2. The number of carbonyl (C=O) groups is 3. The Morgan fingerprint density at radius 3 is 1.97 bits per heavy atom. The zero-order valence-electron chi connectivity index (χ0n) is 16.8. The number of nitrogens with one attached hydrogen (secondary N) is 2. The molecule has 10 nitrogen and oxygen atoms in total. The zero-order valence-corrected chi connectivity index (χ0v) is 16.8. The van der Waals surface area contributed by atoms with Gasteiger partial charge in [0, 0.05) is 17.8 Å². The molecule has 0 radical (unpaired) electrons. The van der Waals surface area contributed by atoms with Crippen LogP contribution in [0.3, 0.4) is 0 Å². The molecule has 3 rings (SSSR count). The Kier molecular flexibility index (Phi) is 9.14. The smallest absolute Gasteiger partial charge is 0.481 e. The molecule has 1 spiro atoms. The molecular weight excluding hydrogens is 470 g/mol. The second-order valence-corrected chi connectivity index (χ2v) is 6.39. The summed E-state index contributed by atoms with van der Waals surface area (Å²) in [6.45, 7) is 1.65. The lowest BCUT2D eigenvalue weighted by atomic mass is 9.89. The molecule has 4 N–H and O–H groups in total. The average molecular weight is 488 g/mol. The second-order valence-electron chi connectivity index (χ2n) is 6.39. The molecule has 0 aromatic carbocycles. The molecule has 1 aromatic rings. The number of methoxy groups -OCH3 is 1. The van der Waals surface area contributed by atoms with Gasteiger partial charge in [-0.1, -0.05) is 0 Å². The molecule has 3 heterocycles. The largest absolute Gasteiger partial charge is 0.490 e. The van der Waals surface area contributed by atoms with Crippen molar-refractivity contribution in [3.8, 4) is 5.88 Å². The summed E-state index contributed by atoms with van der Waals surface area (Å²) in [7, 11) is 1.56. The molecule has 0 unspecified atom stereocenters. The van der Waals surface area contributed by atoms with Gasteiger partial charge in [-0.2, -0.15) is 26.3 Å². The van der Waals surface area contributed by atoms with Crippen molar-refractivity contribution in [1.82, 2.24) is 15.6 Å². The van der Waals surface area contributed by atoms with Crippen LogP contribution < -0.4 is 15.4 Å². The molecular formula is C17H18F6N4O6. The number of pyridine rings is 1. The summed E-state index contributed by atoms with van der Waals surface area (Å²) < 4.78 is 68.6. The number of alkyl halides is 6. The lowest BCUT2D eigenvalue weighted by Crippen LogP contribution is -2.47. The van der Waals surface area contributed by atoms with Gasteiger partial charge in [0.1, 0.15) is 11.4 Å². The predicted molar refractivity (Wildman–Crippen MR) is 97.7 cm³/mol. The van der Waals surface area contributed by atoms with E-state index < -0.39 is 29.8 Å². The highest BCUT2D eigenvalue weighted by atomic mass is 19.4. The first-order valence-corrected chi connectivity index (χ1v) is 8.85. The van der Waals surface area contributed by atoms with Crippen LogP contribution in [0.25, 0.3) is 0 Å². The summed E-state index contributed by atoms with van der Waals surface area (Å²) in [6, 6.07) is 3.60. The van der Waals surface area contributed by atoms with E-state index in [0.717, 1.165) is 31.5 Å². The molecule has 0 bridgehead atoms. The first-order chi connectivity index (χ1) is 15.1. The number of amides is 1. The standard InChI is InChI=1S/C13H16N4O2.2C2HF3O2/c1-19-10-8-9(2-5-15-10)11-16-12(18)13(17-11)3-6-14-7-4-13;2*3-2(4,5)1(6)7/h2,5,8,14H,3-4,6-7H2,1H3,(H,16,17,18);2*(H,6,7). The number of hydrogen-bond donors (Lipinski definition) is 4.